The van der Waals surface area contributed by atoms with Gasteiger partial charge in [-0.15, -0.1) is 0 Å². The van der Waals surface area contributed by atoms with Crippen molar-refractivity contribution in [3.63, 3.8) is 0 Å². The van der Waals surface area contributed by atoms with Crippen LogP contribution in [0.25, 0.3) is 0 Å². The second kappa shape index (κ2) is 8.91. The molecule has 0 aliphatic carbocycles. The summed E-state index contributed by atoms with van der Waals surface area (Å²) in [6, 6.07) is 12.7. The van der Waals surface area contributed by atoms with Crippen molar-refractivity contribution in [3.05, 3.63) is 47.8 Å². The first kappa shape index (κ1) is 19.8. The summed E-state index contributed by atoms with van der Waals surface area (Å²) in [5.74, 6) is 1.27. The van der Waals surface area contributed by atoms with Crippen molar-refractivity contribution in [2.24, 2.45) is 7.05 Å². The fourth-order valence-corrected chi connectivity index (χ4v) is 4.36. The minimum Gasteiger partial charge on any atom is -0.492 e. The van der Waals surface area contributed by atoms with E-state index in [1.54, 1.807) is 0 Å². The van der Waals surface area contributed by atoms with E-state index in [2.05, 4.69) is 51.7 Å². The van der Waals surface area contributed by atoms with Crippen molar-refractivity contribution in [2.75, 3.05) is 44.2 Å². The van der Waals surface area contributed by atoms with Gasteiger partial charge in [0.05, 0.1) is 18.8 Å². The molecule has 0 bridgehead atoms. The number of carbonyl (C=O) groups is 1. The Hall–Kier alpha value is -2.47. The number of ether oxygens (including phenoxy) is 1. The minimum absolute atomic E-state index is 0.288. The number of carbonyl (C=O) groups excluding carboxylic acids is 1. The van der Waals surface area contributed by atoms with Crippen LogP contribution in [0, 0.1) is 0 Å². The van der Waals surface area contributed by atoms with E-state index in [9.17, 15) is 4.79 Å². The third kappa shape index (κ3) is 4.42. The standard InChI is InChI=1S/C23H32N4O2/c1-3-29-22-8-5-4-7-21(22)26-15-13-25(14-16-26)17-19-10-11-20(24(19)2)18-27-12-6-9-23(27)28/h4-5,7-8,10-11H,3,6,9,12-18H2,1-2H3. The summed E-state index contributed by atoms with van der Waals surface area (Å²) in [4.78, 5) is 18.8. The van der Waals surface area contributed by atoms with Crippen LogP contribution in [0.1, 0.15) is 31.2 Å². The van der Waals surface area contributed by atoms with Gasteiger partial charge in [-0.05, 0) is 37.6 Å². The third-order valence-corrected chi connectivity index (χ3v) is 6.12. The van der Waals surface area contributed by atoms with E-state index >= 15 is 0 Å². The fraction of sp³-hybridized carbons (Fsp3) is 0.522. The molecule has 0 N–H and O–H groups in total. The van der Waals surface area contributed by atoms with Crippen LogP contribution in [0.15, 0.2) is 36.4 Å². The molecule has 2 aromatic rings. The van der Waals surface area contributed by atoms with Crippen LogP contribution in [0.5, 0.6) is 5.75 Å². The van der Waals surface area contributed by atoms with Gasteiger partial charge in [-0.2, -0.15) is 0 Å². The van der Waals surface area contributed by atoms with Crippen molar-refractivity contribution in [1.29, 1.82) is 0 Å². The Labute approximate surface area is 173 Å². The van der Waals surface area contributed by atoms with Gasteiger partial charge in [-0.3, -0.25) is 9.69 Å². The lowest BCUT2D eigenvalue weighted by molar-refractivity contribution is -0.128. The van der Waals surface area contributed by atoms with Gasteiger partial charge in [0.15, 0.2) is 0 Å². The van der Waals surface area contributed by atoms with Crippen molar-refractivity contribution < 1.29 is 9.53 Å². The van der Waals surface area contributed by atoms with Crippen LogP contribution >= 0.6 is 0 Å². The van der Waals surface area contributed by atoms with E-state index < -0.39 is 0 Å². The summed E-state index contributed by atoms with van der Waals surface area (Å²) < 4.78 is 8.07. The number of anilines is 1. The highest BCUT2D eigenvalue weighted by Crippen LogP contribution is 2.29. The van der Waals surface area contributed by atoms with E-state index in [1.165, 1.54) is 17.1 Å². The number of piperazine rings is 1. The molecule has 29 heavy (non-hydrogen) atoms. The molecule has 0 atom stereocenters. The lowest BCUT2D eigenvalue weighted by atomic mass is 10.2. The Kier molecular flexibility index (Phi) is 6.09. The van der Waals surface area contributed by atoms with Crippen LogP contribution < -0.4 is 9.64 Å². The highest BCUT2D eigenvalue weighted by Gasteiger charge is 2.23. The maximum atomic E-state index is 11.9. The molecule has 1 aromatic carbocycles. The second-order valence-electron chi connectivity index (χ2n) is 7.96. The van der Waals surface area contributed by atoms with Crippen molar-refractivity contribution >= 4 is 11.6 Å². The molecule has 0 unspecified atom stereocenters. The van der Waals surface area contributed by atoms with Gasteiger partial charge >= 0.3 is 0 Å². The monoisotopic (exact) mass is 396 g/mol. The number of hydrogen-bond donors (Lipinski definition) is 0. The maximum absolute atomic E-state index is 11.9. The summed E-state index contributed by atoms with van der Waals surface area (Å²) in [5.41, 5.74) is 3.74. The highest BCUT2D eigenvalue weighted by atomic mass is 16.5. The van der Waals surface area contributed by atoms with Gasteiger partial charge in [-0.1, -0.05) is 12.1 Å². The number of hydrogen-bond acceptors (Lipinski definition) is 4. The van der Waals surface area contributed by atoms with Crippen LogP contribution in [-0.2, 0) is 24.9 Å². The number of rotatable bonds is 7. The molecular weight excluding hydrogens is 364 g/mol. The van der Waals surface area contributed by atoms with E-state index in [-0.39, 0.29) is 5.91 Å². The van der Waals surface area contributed by atoms with Gasteiger partial charge in [-0.25, -0.2) is 0 Å². The Balaban J connectivity index is 1.34. The van der Waals surface area contributed by atoms with E-state index in [4.69, 9.17) is 4.74 Å². The molecule has 2 saturated heterocycles. The molecule has 4 rings (SSSR count). The summed E-state index contributed by atoms with van der Waals surface area (Å²) >= 11 is 0. The molecule has 3 heterocycles. The lowest BCUT2D eigenvalue weighted by Gasteiger charge is -2.36. The lowest BCUT2D eigenvalue weighted by Crippen LogP contribution is -2.46. The molecule has 1 aromatic heterocycles. The first-order valence-electron chi connectivity index (χ1n) is 10.8. The summed E-state index contributed by atoms with van der Waals surface area (Å²) in [5, 5.41) is 0. The van der Waals surface area contributed by atoms with Crippen LogP contribution in [0.3, 0.4) is 0 Å². The Bertz CT molecular complexity index is 839. The predicted octanol–water partition coefficient (Wildman–Crippen LogP) is 2.87. The summed E-state index contributed by atoms with van der Waals surface area (Å²) in [6.45, 7) is 9.37. The zero-order valence-corrected chi connectivity index (χ0v) is 17.6. The van der Waals surface area contributed by atoms with Gasteiger partial charge in [0.25, 0.3) is 0 Å². The van der Waals surface area contributed by atoms with Gasteiger partial charge in [0.2, 0.25) is 5.91 Å². The number of nitrogens with zero attached hydrogens (tertiary/aromatic N) is 4. The maximum Gasteiger partial charge on any atom is 0.222 e. The molecule has 6 heteroatoms. The van der Waals surface area contributed by atoms with Crippen LogP contribution in [-0.4, -0.2) is 59.6 Å². The van der Waals surface area contributed by atoms with Gasteiger partial charge in [0.1, 0.15) is 5.75 Å². The largest absolute Gasteiger partial charge is 0.492 e. The molecule has 2 fully saturated rings. The number of aromatic nitrogens is 1. The molecule has 0 spiro atoms. The molecule has 0 radical (unpaired) electrons. The average molecular weight is 397 g/mol. The SMILES string of the molecule is CCOc1ccccc1N1CCN(Cc2ccc(CN3CCCC3=O)n2C)CC1. The number of likely N-dealkylation sites (tertiary alicyclic amines) is 1. The molecule has 0 saturated carbocycles. The molecular formula is C23H32N4O2. The average Bonchev–Trinajstić information content (AvgIpc) is 3.30. The predicted molar refractivity (Wildman–Crippen MR) is 115 cm³/mol. The van der Waals surface area contributed by atoms with Crippen molar-refractivity contribution in [1.82, 2.24) is 14.4 Å². The molecule has 2 aliphatic heterocycles. The van der Waals surface area contributed by atoms with Gasteiger partial charge in [0, 0.05) is 64.1 Å². The third-order valence-electron chi connectivity index (χ3n) is 6.12. The summed E-state index contributed by atoms with van der Waals surface area (Å²) in [6.07, 6.45) is 1.70. The Morgan fingerprint density at radius 3 is 2.34 bits per heavy atom. The van der Waals surface area contributed by atoms with Crippen molar-refractivity contribution in [2.45, 2.75) is 32.9 Å². The first-order valence-corrected chi connectivity index (χ1v) is 10.8. The van der Waals surface area contributed by atoms with E-state index in [0.717, 1.165) is 58.0 Å². The fourth-order valence-electron chi connectivity index (χ4n) is 4.36. The zero-order valence-electron chi connectivity index (χ0n) is 17.6. The summed E-state index contributed by atoms with van der Waals surface area (Å²) in [7, 11) is 2.12. The van der Waals surface area contributed by atoms with E-state index in [0.29, 0.717) is 13.0 Å². The highest BCUT2D eigenvalue weighted by molar-refractivity contribution is 5.78. The number of para-hydroxylation sites is 2. The smallest absolute Gasteiger partial charge is 0.222 e. The molecule has 2 aliphatic rings. The van der Waals surface area contributed by atoms with Crippen molar-refractivity contribution in [3.8, 4) is 5.75 Å². The number of benzene rings is 1. The van der Waals surface area contributed by atoms with Gasteiger partial charge < -0.3 is 19.1 Å². The number of amides is 1. The second-order valence-corrected chi connectivity index (χ2v) is 7.96. The minimum atomic E-state index is 0.288. The first-order chi connectivity index (χ1) is 14.2. The molecule has 1 amide bonds. The topological polar surface area (TPSA) is 41.0 Å². The molecule has 6 nitrogen and oxygen atoms in total. The van der Waals surface area contributed by atoms with Crippen LogP contribution in [0.2, 0.25) is 0 Å². The molecule has 156 valence electrons. The Morgan fingerprint density at radius 2 is 1.66 bits per heavy atom. The normalized spacial score (nSPS) is 17.9. The quantitative estimate of drug-likeness (QED) is 0.722. The Morgan fingerprint density at radius 1 is 0.931 bits per heavy atom. The van der Waals surface area contributed by atoms with Crippen LogP contribution in [0.4, 0.5) is 5.69 Å². The zero-order chi connectivity index (χ0) is 20.2. The van der Waals surface area contributed by atoms with E-state index in [1.807, 2.05) is 17.9 Å².